The van der Waals surface area contributed by atoms with Gasteiger partial charge in [0.05, 0.1) is 17.7 Å². The first-order valence-electron chi connectivity index (χ1n) is 11.0. The Bertz CT molecular complexity index is 1170. The van der Waals surface area contributed by atoms with Gasteiger partial charge < -0.3 is 9.80 Å². The minimum absolute atomic E-state index is 0.273. The predicted molar refractivity (Wildman–Crippen MR) is 125 cm³/mol. The van der Waals surface area contributed by atoms with E-state index in [0.29, 0.717) is 5.56 Å². The molecule has 1 amide bonds. The molecule has 1 fully saturated rings. The zero-order chi connectivity index (χ0) is 22.9. The van der Waals surface area contributed by atoms with Crippen LogP contribution in [0.4, 0.5) is 4.39 Å². The molecule has 1 atom stereocenters. The first kappa shape index (κ1) is 22.0. The number of piperidine rings is 1. The normalized spacial score (nSPS) is 17.0. The second-order valence-corrected chi connectivity index (χ2v) is 8.94. The average Bonchev–Trinajstić information content (AvgIpc) is 2.82. The number of nitrogens with zero attached hydrogens (tertiary/aromatic N) is 3. The number of likely N-dealkylation sites (N-methyl/N-ethyl adjacent to an activating group) is 1. The van der Waals surface area contributed by atoms with Crippen LogP contribution in [0.2, 0.25) is 0 Å². The van der Waals surface area contributed by atoms with Crippen molar-refractivity contribution < 1.29 is 9.18 Å². The van der Waals surface area contributed by atoms with Crippen molar-refractivity contribution in [2.75, 3.05) is 27.2 Å². The van der Waals surface area contributed by atoms with E-state index in [0.717, 1.165) is 59.8 Å². The summed E-state index contributed by atoms with van der Waals surface area (Å²) in [6, 6.07) is 18.8. The van der Waals surface area contributed by atoms with Crippen LogP contribution in [0.3, 0.4) is 0 Å². The van der Waals surface area contributed by atoms with Crippen molar-refractivity contribution in [2.45, 2.75) is 31.2 Å². The van der Waals surface area contributed by atoms with Crippen molar-refractivity contribution in [1.29, 1.82) is 5.26 Å². The van der Waals surface area contributed by atoms with Gasteiger partial charge >= 0.3 is 0 Å². The molecule has 0 bridgehead atoms. The number of carbonyl (C=O) groups is 1. The van der Waals surface area contributed by atoms with Crippen LogP contribution < -0.4 is 0 Å². The van der Waals surface area contributed by atoms with Crippen molar-refractivity contribution in [2.24, 2.45) is 0 Å². The summed E-state index contributed by atoms with van der Waals surface area (Å²) in [4.78, 5) is 16.2. The summed E-state index contributed by atoms with van der Waals surface area (Å²) in [7, 11) is 3.91. The van der Waals surface area contributed by atoms with E-state index >= 15 is 0 Å². The van der Waals surface area contributed by atoms with Crippen LogP contribution in [0, 0.1) is 24.1 Å². The first-order valence-corrected chi connectivity index (χ1v) is 11.0. The summed E-state index contributed by atoms with van der Waals surface area (Å²) < 4.78 is 13.8. The molecule has 1 unspecified atom stereocenters. The number of halogens is 1. The highest BCUT2D eigenvalue weighted by Gasteiger charge is 2.45. The molecular formula is C27H28FN3O. The second kappa shape index (κ2) is 8.72. The molecule has 32 heavy (non-hydrogen) atoms. The van der Waals surface area contributed by atoms with E-state index in [4.69, 9.17) is 0 Å². The molecular weight excluding hydrogens is 401 g/mol. The molecule has 1 aliphatic rings. The molecule has 3 aromatic carbocycles. The zero-order valence-electron chi connectivity index (χ0n) is 18.8. The summed E-state index contributed by atoms with van der Waals surface area (Å²) in [6.45, 7) is 3.71. The summed E-state index contributed by atoms with van der Waals surface area (Å²) in [5, 5.41) is 11.9. The highest BCUT2D eigenvalue weighted by molar-refractivity contribution is 5.91. The lowest BCUT2D eigenvalue weighted by Crippen LogP contribution is -2.49. The van der Waals surface area contributed by atoms with Crippen molar-refractivity contribution in [3.05, 3.63) is 82.7 Å². The van der Waals surface area contributed by atoms with E-state index in [1.54, 1.807) is 4.90 Å². The Morgan fingerprint density at radius 2 is 1.75 bits per heavy atom. The van der Waals surface area contributed by atoms with E-state index in [9.17, 15) is 14.4 Å². The highest BCUT2D eigenvalue weighted by Crippen LogP contribution is 2.49. The molecule has 4 nitrogen and oxygen atoms in total. The standard InChI is InChI=1S/C27H28FN3O/c1-19-20(17-29)16-25(24-7-5-4-6-23(19)24)26(31(3)18-32)27(12-14-30(2)15-13-27)21-8-10-22(28)11-9-21/h4-11,16,18,26H,12-15H2,1-3H3. The molecule has 1 heterocycles. The molecule has 164 valence electrons. The van der Waals surface area contributed by atoms with Crippen molar-refractivity contribution >= 4 is 17.2 Å². The Morgan fingerprint density at radius 3 is 2.34 bits per heavy atom. The van der Waals surface area contributed by atoms with Gasteiger partial charge in [0, 0.05) is 12.5 Å². The third-order valence-electron chi connectivity index (χ3n) is 7.16. The average molecular weight is 430 g/mol. The third-order valence-corrected chi connectivity index (χ3v) is 7.16. The van der Waals surface area contributed by atoms with Gasteiger partial charge in [-0.15, -0.1) is 0 Å². The van der Waals surface area contributed by atoms with Crippen molar-refractivity contribution in [1.82, 2.24) is 9.80 Å². The van der Waals surface area contributed by atoms with Crippen LogP contribution in [0.1, 0.15) is 41.1 Å². The molecule has 0 saturated carbocycles. The number of amides is 1. The fourth-order valence-corrected chi connectivity index (χ4v) is 5.38. The van der Waals surface area contributed by atoms with Gasteiger partial charge in [0.2, 0.25) is 6.41 Å². The second-order valence-electron chi connectivity index (χ2n) is 8.94. The Labute approximate surface area is 188 Å². The lowest BCUT2D eigenvalue weighted by atomic mass is 9.64. The molecule has 0 spiro atoms. The fraction of sp³-hybridized carbons (Fsp3) is 0.333. The van der Waals surface area contributed by atoms with E-state index < -0.39 is 5.41 Å². The molecule has 5 heteroatoms. The number of rotatable bonds is 5. The first-order chi connectivity index (χ1) is 15.4. The van der Waals surface area contributed by atoms with Crippen LogP contribution >= 0.6 is 0 Å². The van der Waals surface area contributed by atoms with Gasteiger partial charge in [-0.3, -0.25) is 4.79 Å². The molecule has 1 saturated heterocycles. The van der Waals surface area contributed by atoms with Crippen LogP contribution in [0.5, 0.6) is 0 Å². The maximum atomic E-state index is 13.8. The van der Waals surface area contributed by atoms with E-state index in [1.807, 2.05) is 50.4 Å². The van der Waals surface area contributed by atoms with Crippen molar-refractivity contribution in [3.8, 4) is 6.07 Å². The largest absolute Gasteiger partial charge is 0.340 e. The zero-order valence-corrected chi connectivity index (χ0v) is 18.8. The number of carbonyl (C=O) groups excluding carboxylic acids is 1. The molecule has 4 rings (SSSR count). The Balaban J connectivity index is 2.03. The number of nitriles is 1. The molecule has 3 aromatic rings. The smallest absolute Gasteiger partial charge is 0.209 e. The summed E-state index contributed by atoms with van der Waals surface area (Å²) in [6.07, 6.45) is 2.51. The van der Waals surface area contributed by atoms with Crippen LogP contribution in [0.15, 0.2) is 54.6 Å². The van der Waals surface area contributed by atoms with Gasteiger partial charge in [0.25, 0.3) is 0 Å². The summed E-state index contributed by atoms with van der Waals surface area (Å²) in [5.74, 6) is -0.273. The highest BCUT2D eigenvalue weighted by atomic mass is 19.1. The number of hydrogen-bond acceptors (Lipinski definition) is 3. The maximum Gasteiger partial charge on any atom is 0.209 e. The SMILES string of the molecule is Cc1c(C#N)cc(C(N(C)C=O)C2(c3ccc(F)cc3)CCN(C)CC2)c2ccccc12. The number of fused-ring (bicyclic) bond motifs is 1. The van der Waals surface area contributed by atoms with Gasteiger partial charge in [-0.25, -0.2) is 4.39 Å². The number of aryl methyl sites for hydroxylation is 1. The van der Waals surface area contributed by atoms with Crippen LogP contribution in [-0.4, -0.2) is 43.4 Å². The minimum Gasteiger partial charge on any atom is -0.340 e. The van der Waals surface area contributed by atoms with E-state index in [1.165, 1.54) is 12.1 Å². The number of benzene rings is 3. The van der Waals surface area contributed by atoms with Gasteiger partial charge in [0.15, 0.2) is 0 Å². The quantitative estimate of drug-likeness (QED) is 0.539. The maximum absolute atomic E-state index is 13.8. The molecule has 1 aliphatic heterocycles. The molecule has 0 radical (unpaired) electrons. The predicted octanol–water partition coefficient (Wildman–Crippen LogP) is 4.95. The molecule has 0 N–H and O–H groups in total. The van der Waals surface area contributed by atoms with E-state index in [2.05, 4.69) is 24.1 Å². The lowest BCUT2D eigenvalue weighted by molar-refractivity contribution is -0.121. The monoisotopic (exact) mass is 429 g/mol. The lowest BCUT2D eigenvalue weighted by Gasteiger charge is -2.49. The summed E-state index contributed by atoms with van der Waals surface area (Å²) >= 11 is 0. The van der Waals surface area contributed by atoms with Gasteiger partial charge in [-0.2, -0.15) is 5.26 Å². The van der Waals surface area contributed by atoms with Gasteiger partial charge in [-0.05, 0) is 85.6 Å². The molecule has 0 aliphatic carbocycles. The number of likely N-dealkylation sites (tertiary alicyclic amines) is 1. The fourth-order valence-electron chi connectivity index (χ4n) is 5.38. The Morgan fingerprint density at radius 1 is 1.12 bits per heavy atom. The summed E-state index contributed by atoms with van der Waals surface area (Å²) in [5.41, 5.74) is 3.14. The van der Waals surface area contributed by atoms with Gasteiger partial charge in [0.1, 0.15) is 5.82 Å². The van der Waals surface area contributed by atoms with Crippen LogP contribution in [-0.2, 0) is 10.2 Å². The molecule has 0 aromatic heterocycles. The van der Waals surface area contributed by atoms with E-state index in [-0.39, 0.29) is 11.9 Å². The number of hydrogen-bond donors (Lipinski definition) is 0. The van der Waals surface area contributed by atoms with Crippen molar-refractivity contribution in [3.63, 3.8) is 0 Å². The van der Waals surface area contributed by atoms with Gasteiger partial charge in [-0.1, -0.05) is 36.4 Å². The topological polar surface area (TPSA) is 47.3 Å². The third kappa shape index (κ3) is 3.65. The Kier molecular flexibility index (Phi) is 5.99. The van der Waals surface area contributed by atoms with Crippen LogP contribution in [0.25, 0.3) is 10.8 Å². The Hall–Kier alpha value is -3.23. The minimum atomic E-state index is -0.402.